The molecule has 0 aliphatic carbocycles. The van der Waals surface area contributed by atoms with Gasteiger partial charge in [-0.15, -0.1) is 0 Å². The highest BCUT2D eigenvalue weighted by Gasteiger charge is 2.44. The van der Waals surface area contributed by atoms with Crippen molar-refractivity contribution in [3.05, 3.63) is 108 Å². The van der Waals surface area contributed by atoms with Crippen LogP contribution >= 0.6 is 7.37 Å². The van der Waals surface area contributed by atoms with Crippen LogP contribution in [0.4, 0.5) is 0 Å². The minimum absolute atomic E-state index is 0.0751. The average Bonchev–Trinajstić information content (AvgIpc) is 2.92. The molecule has 0 saturated carbocycles. The molecule has 0 fully saturated rings. The van der Waals surface area contributed by atoms with Gasteiger partial charge in [0.25, 0.3) is 7.37 Å². The molecule has 1 aliphatic heterocycles. The van der Waals surface area contributed by atoms with E-state index in [0.717, 1.165) is 22.3 Å². The summed E-state index contributed by atoms with van der Waals surface area (Å²) in [6.45, 7) is 0.246. The molecule has 5 rings (SSSR count). The molecule has 0 radical (unpaired) electrons. The highest BCUT2D eigenvalue weighted by Crippen LogP contribution is 2.65. The zero-order valence-electron chi connectivity index (χ0n) is 19.6. The third-order valence-corrected chi connectivity index (χ3v) is 8.91. The van der Waals surface area contributed by atoms with E-state index in [9.17, 15) is 0 Å². The van der Waals surface area contributed by atoms with Crippen LogP contribution in [0.3, 0.4) is 0 Å². The van der Waals surface area contributed by atoms with Gasteiger partial charge in [0, 0.05) is 5.56 Å². The van der Waals surface area contributed by atoms with Crippen LogP contribution < -0.4 is 19.3 Å². The Morgan fingerprint density at radius 2 is 1.17 bits per heavy atom. The zero-order chi connectivity index (χ0) is 25.0. The highest BCUT2D eigenvalue weighted by molar-refractivity contribution is 7.68. The Labute approximate surface area is 210 Å². The van der Waals surface area contributed by atoms with Gasteiger partial charge in [0.2, 0.25) is 0 Å². The molecule has 4 aromatic carbocycles. The lowest BCUT2D eigenvalue weighted by atomic mass is 10.0. The van der Waals surface area contributed by atoms with Crippen molar-refractivity contribution in [1.29, 1.82) is 0 Å². The SMILES string of the molecule is O=P1(C(c2ccc(OCCO)cc2)c2ccc(OCCO)cc2)Oc2ccccc2-c2ccccc21. The Kier molecular flexibility index (Phi) is 7.10. The second kappa shape index (κ2) is 10.6. The maximum atomic E-state index is 15.1. The molecule has 4 aromatic rings. The lowest BCUT2D eigenvalue weighted by Crippen LogP contribution is -2.22. The van der Waals surface area contributed by atoms with Gasteiger partial charge in [0.1, 0.15) is 36.1 Å². The van der Waals surface area contributed by atoms with Gasteiger partial charge < -0.3 is 24.2 Å². The number of aliphatic hydroxyl groups is 2. The fourth-order valence-corrected chi connectivity index (χ4v) is 7.42. The van der Waals surface area contributed by atoms with E-state index in [2.05, 4.69) is 0 Å². The van der Waals surface area contributed by atoms with Crippen LogP contribution in [0.2, 0.25) is 0 Å². The van der Waals surface area contributed by atoms with Crippen LogP contribution in [0.25, 0.3) is 11.1 Å². The second-order valence-corrected chi connectivity index (χ2v) is 10.8. The lowest BCUT2D eigenvalue weighted by Gasteiger charge is -2.34. The number of benzene rings is 4. The number of para-hydroxylation sites is 1. The van der Waals surface area contributed by atoms with Crippen LogP contribution in [0.1, 0.15) is 16.8 Å². The van der Waals surface area contributed by atoms with Crippen LogP contribution in [-0.4, -0.2) is 36.6 Å². The lowest BCUT2D eigenvalue weighted by molar-refractivity contribution is 0.201. The minimum Gasteiger partial charge on any atom is -0.491 e. The number of ether oxygens (including phenoxy) is 2. The fraction of sp³-hybridized carbons (Fsp3) is 0.172. The molecule has 1 heterocycles. The summed E-state index contributed by atoms with van der Waals surface area (Å²) in [5, 5.41) is 18.8. The zero-order valence-corrected chi connectivity index (χ0v) is 20.5. The first-order valence-corrected chi connectivity index (χ1v) is 13.5. The largest absolute Gasteiger partial charge is 0.491 e. The van der Waals surface area contributed by atoms with Gasteiger partial charge in [0.05, 0.1) is 18.5 Å². The van der Waals surface area contributed by atoms with Gasteiger partial charge in [-0.25, -0.2) is 0 Å². The predicted molar refractivity (Wildman–Crippen MR) is 140 cm³/mol. The number of hydrogen-bond acceptors (Lipinski definition) is 6. The summed E-state index contributed by atoms with van der Waals surface area (Å²) in [4.78, 5) is 0. The Morgan fingerprint density at radius 3 is 1.72 bits per heavy atom. The quantitative estimate of drug-likeness (QED) is 0.307. The molecule has 0 saturated heterocycles. The maximum absolute atomic E-state index is 15.1. The van der Waals surface area contributed by atoms with Gasteiger partial charge in [-0.05, 0) is 53.1 Å². The van der Waals surface area contributed by atoms with E-state index in [0.29, 0.717) is 22.6 Å². The van der Waals surface area contributed by atoms with Gasteiger partial charge in [-0.1, -0.05) is 60.7 Å². The van der Waals surface area contributed by atoms with Crippen LogP contribution in [0, 0.1) is 0 Å². The van der Waals surface area contributed by atoms with E-state index >= 15 is 4.57 Å². The van der Waals surface area contributed by atoms with Crippen molar-refractivity contribution < 1.29 is 28.8 Å². The Hall–Kier alpha value is -3.57. The molecule has 0 amide bonds. The first-order chi connectivity index (χ1) is 17.6. The molecular formula is C29H27O6P. The summed E-state index contributed by atoms with van der Waals surface area (Å²) < 4.78 is 32.6. The molecule has 1 unspecified atom stereocenters. The number of rotatable bonds is 9. The topological polar surface area (TPSA) is 85.2 Å². The third-order valence-electron chi connectivity index (χ3n) is 6.10. The van der Waals surface area contributed by atoms with Gasteiger partial charge >= 0.3 is 0 Å². The normalized spacial score (nSPS) is 16.1. The van der Waals surface area contributed by atoms with E-state index in [1.54, 1.807) is 0 Å². The van der Waals surface area contributed by atoms with Crippen LogP contribution in [0.15, 0.2) is 97.1 Å². The summed E-state index contributed by atoms with van der Waals surface area (Å²) in [7, 11) is -3.52. The number of hydrogen-bond donors (Lipinski definition) is 2. The maximum Gasteiger partial charge on any atom is 0.289 e. The summed E-state index contributed by atoms with van der Waals surface area (Å²) in [6.07, 6.45) is 0. The Bertz CT molecular complexity index is 1320. The first kappa shape index (κ1) is 24.1. The molecule has 1 aliphatic rings. The molecule has 7 heteroatoms. The smallest absolute Gasteiger partial charge is 0.289 e. The molecule has 0 bridgehead atoms. The first-order valence-electron chi connectivity index (χ1n) is 11.8. The molecule has 2 N–H and O–H groups in total. The monoisotopic (exact) mass is 502 g/mol. The Morgan fingerprint density at radius 1 is 0.667 bits per heavy atom. The van der Waals surface area contributed by atoms with Crippen molar-refractivity contribution in [3.8, 4) is 28.4 Å². The fourth-order valence-electron chi connectivity index (χ4n) is 4.53. The van der Waals surface area contributed by atoms with Crippen molar-refractivity contribution in [2.24, 2.45) is 0 Å². The van der Waals surface area contributed by atoms with Crippen molar-refractivity contribution >= 4 is 12.7 Å². The van der Waals surface area contributed by atoms with Gasteiger partial charge in [-0.2, -0.15) is 0 Å². The van der Waals surface area contributed by atoms with Gasteiger partial charge in [0.15, 0.2) is 0 Å². The highest BCUT2D eigenvalue weighted by atomic mass is 31.2. The summed E-state index contributed by atoms with van der Waals surface area (Å²) >= 11 is 0. The summed E-state index contributed by atoms with van der Waals surface area (Å²) in [5.74, 6) is 1.83. The van der Waals surface area contributed by atoms with Gasteiger partial charge in [-0.3, -0.25) is 4.57 Å². The van der Waals surface area contributed by atoms with E-state index in [4.69, 9.17) is 24.2 Å². The minimum atomic E-state index is -3.52. The van der Waals surface area contributed by atoms with Crippen molar-refractivity contribution in [3.63, 3.8) is 0 Å². The molecule has 6 nitrogen and oxygen atoms in total. The van der Waals surface area contributed by atoms with Crippen molar-refractivity contribution in [2.75, 3.05) is 26.4 Å². The predicted octanol–water partition coefficient (Wildman–Crippen LogP) is 5.18. The van der Waals surface area contributed by atoms with Crippen LogP contribution in [-0.2, 0) is 4.57 Å². The molecule has 1 atom stereocenters. The van der Waals surface area contributed by atoms with Crippen molar-refractivity contribution in [2.45, 2.75) is 5.66 Å². The number of aliphatic hydroxyl groups excluding tert-OH is 2. The summed E-state index contributed by atoms with van der Waals surface area (Å²) in [5.41, 5.74) is 2.85. The van der Waals surface area contributed by atoms with E-state index in [-0.39, 0.29) is 26.4 Å². The number of fused-ring (bicyclic) bond motifs is 3. The molecule has 184 valence electrons. The second-order valence-electron chi connectivity index (χ2n) is 8.39. The molecule has 0 spiro atoms. The van der Waals surface area contributed by atoms with E-state index < -0.39 is 13.0 Å². The van der Waals surface area contributed by atoms with Crippen LogP contribution in [0.5, 0.6) is 17.2 Å². The standard InChI is InChI=1S/C29H27O6P/c30-17-19-33-23-13-9-21(10-14-23)29(22-11-15-24(16-12-22)34-20-18-31)36(32)28-8-4-2-6-26(28)25-5-1-3-7-27(25)35-36/h1-16,29-31H,17-20H2. The molecule has 36 heavy (non-hydrogen) atoms. The average molecular weight is 503 g/mol. The molecule has 0 aromatic heterocycles. The molecular weight excluding hydrogens is 475 g/mol. The third kappa shape index (κ3) is 4.63. The van der Waals surface area contributed by atoms with E-state index in [1.165, 1.54) is 0 Å². The summed E-state index contributed by atoms with van der Waals surface area (Å²) in [6, 6.07) is 30.2. The van der Waals surface area contributed by atoms with E-state index in [1.807, 2.05) is 97.1 Å². The Balaban J connectivity index is 1.64. The van der Waals surface area contributed by atoms with Crippen molar-refractivity contribution in [1.82, 2.24) is 0 Å².